The Kier molecular flexibility index (Phi) is 5.03. The zero-order chi connectivity index (χ0) is 13.8. The van der Waals surface area contributed by atoms with Gasteiger partial charge >= 0.3 is 0 Å². The number of hydrogen-bond donors (Lipinski definition) is 1. The van der Waals surface area contributed by atoms with E-state index < -0.39 is 0 Å². The summed E-state index contributed by atoms with van der Waals surface area (Å²) in [4.78, 5) is 11.7. The van der Waals surface area contributed by atoms with Crippen LogP contribution in [0, 0.1) is 0 Å². The average Bonchev–Trinajstić information content (AvgIpc) is 2.24. The number of hydrogen-bond acceptors (Lipinski definition) is 2. The fraction of sp³-hybridized carbons (Fsp3) is 0.500. The summed E-state index contributed by atoms with van der Waals surface area (Å²) in [6, 6.07) is 5.58. The molecule has 1 amide bonds. The molecule has 1 aromatic rings. The van der Waals surface area contributed by atoms with E-state index in [9.17, 15) is 4.79 Å². The van der Waals surface area contributed by atoms with Gasteiger partial charge in [0, 0.05) is 12.0 Å². The van der Waals surface area contributed by atoms with Gasteiger partial charge in [-0.05, 0) is 44.9 Å². The average molecular weight is 270 g/mol. The van der Waals surface area contributed by atoms with Gasteiger partial charge in [-0.15, -0.1) is 0 Å². The molecular weight excluding hydrogens is 250 g/mol. The molecule has 0 spiro atoms. The second-order valence-electron chi connectivity index (χ2n) is 5.27. The highest BCUT2D eigenvalue weighted by atomic mass is 35.5. The van der Waals surface area contributed by atoms with E-state index in [1.54, 1.807) is 7.11 Å². The van der Waals surface area contributed by atoms with Gasteiger partial charge in [-0.1, -0.05) is 17.7 Å². The second kappa shape index (κ2) is 6.10. The number of rotatable bonds is 4. The first-order valence-corrected chi connectivity index (χ1v) is 6.33. The van der Waals surface area contributed by atoms with Crippen molar-refractivity contribution in [2.45, 2.75) is 39.2 Å². The van der Waals surface area contributed by atoms with Crippen LogP contribution in [-0.2, 0) is 11.2 Å². The SMILES string of the molecule is COc1ccc(CCC(=O)NC(C)(C)C)cc1Cl. The van der Waals surface area contributed by atoms with Crippen LogP contribution < -0.4 is 10.1 Å². The van der Waals surface area contributed by atoms with Crippen molar-refractivity contribution in [2.75, 3.05) is 7.11 Å². The molecule has 0 aromatic heterocycles. The second-order valence-corrected chi connectivity index (χ2v) is 5.67. The molecule has 3 nitrogen and oxygen atoms in total. The van der Waals surface area contributed by atoms with Crippen LogP contribution >= 0.6 is 11.6 Å². The first-order chi connectivity index (χ1) is 8.31. The quantitative estimate of drug-likeness (QED) is 0.912. The van der Waals surface area contributed by atoms with E-state index in [-0.39, 0.29) is 11.4 Å². The third-order valence-electron chi connectivity index (χ3n) is 2.37. The molecule has 0 aliphatic carbocycles. The largest absolute Gasteiger partial charge is 0.495 e. The van der Waals surface area contributed by atoms with Gasteiger partial charge in [0.1, 0.15) is 5.75 Å². The molecule has 0 fully saturated rings. The smallest absolute Gasteiger partial charge is 0.220 e. The molecular formula is C14H20ClNO2. The summed E-state index contributed by atoms with van der Waals surface area (Å²) in [5, 5.41) is 3.51. The van der Waals surface area contributed by atoms with E-state index in [4.69, 9.17) is 16.3 Å². The highest BCUT2D eigenvalue weighted by Gasteiger charge is 2.13. The van der Waals surface area contributed by atoms with Crippen molar-refractivity contribution in [3.63, 3.8) is 0 Å². The number of amides is 1. The first-order valence-electron chi connectivity index (χ1n) is 5.95. The molecule has 1 rings (SSSR count). The molecule has 0 heterocycles. The van der Waals surface area contributed by atoms with E-state index in [1.807, 2.05) is 39.0 Å². The van der Waals surface area contributed by atoms with E-state index in [1.165, 1.54) is 0 Å². The number of nitrogens with one attached hydrogen (secondary N) is 1. The summed E-state index contributed by atoms with van der Waals surface area (Å²) in [7, 11) is 1.58. The van der Waals surface area contributed by atoms with Gasteiger partial charge < -0.3 is 10.1 Å². The van der Waals surface area contributed by atoms with E-state index in [0.29, 0.717) is 23.6 Å². The highest BCUT2D eigenvalue weighted by molar-refractivity contribution is 6.32. The van der Waals surface area contributed by atoms with E-state index >= 15 is 0 Å². The lowest BCUT2D eigenvalue weighted by atomic mass is 10.1. The van der Waals surface area contributed by atoms with E-state index in [0.717, 1.165) is 5.56 Å². The Morgan fingerprint density at radius 2 is 2.06 bits per heavy atom. The molecule has 1 aromatic carbocycles. The van der Waals surface area contributed by atoms with Crippen molar-refractivity contribution in [1.29, 1.82) is 0 Å². The van der Waals surface area contributed by atoms with Gasteiger partial charge in [0.2, 0.25) is 5.91 Å². The van der Waals surface area contributed by atoms with Crippen molar-refractivity contribution in [1.82, 2.24) is 5.32 Å². The molecule has 0 saturated heterocycles. The third-order valence-corrected chi connectivity index (χ3v) is 2.67. The monoisotopic (exact) mass is 269 g/mol. The Morgan fingerprint density at radius 1 is 1.39 bits per heavy atom. The van der Waals surface area contributed by atoms with E-state index in [2.05, 4.69) is 5.32 Å². The van der Waals surface area contributed by atoms with Crippen LogP contribution in [0.15, 0.2) is 18.2 Å². The number of methoxy groups -OCH3 is 1. The summed E-state index contributed by atoms with van der Waals surface area (Å²) in [6.45, 7) is 5.90. The number of halogens is 1. The first kappa shape index (κ1) is 14.8. The van der Waals surface area contributed by atoms with Crippen LogP contribution in [0.5, 0.6) is 5.75 Å². The number of ether oxygens (including phenoxy) is 1. The molecule has 4 heteroatoms. The normalized spacial score (nSPS) is 11.2. The molecule has 100 valence electrons. The van der Waals surface area contributed by atoms with Crippen molar-refractivity contribution in [3.05, 3.63) is 28.8 Å². The van der Waals surface area contributed by atoms with Gasteiger partial charge in [-0.3, -0.25) is 4.79 Å². The molecule has 0 unspecified atom stereocenters. The number of carbonyl (C=O) groups excluding carboxylic acids is 1. The minimum absolute atomic E-state index is 0.0504. The molecule has 0 saturated carbocycles. The number of carbonyl (C=O) groups is 1. The lowest BCUT2D eigenvalue weighted by Gasteiger charge is -2.20. The fourth-order valence-corrected chi connectivity index (χ4v) is 1.88. The maximum absolute atomic E-state index is 11.7. The molecule has 0 radical (unpaired) electrons. The van der Waals surface area contributed by atoms with Crippen LogP contribution in [0.1, 0.15) is 32.8 Å². The Morgan fingerprint density at radius 3 is 2.56 bits per heavy atom. The Balaban J connectivity index is 2.54. The zero-order valence-corrected chi connectivity index (χ0v) is 12.1. The minimum atomic E-state index is -0.186. The summed E-state index contributed by atoms with van der Waals surface area (Å²) in [6.07, 6.45) is 1.13. The van der Waals surface area contributed by atoms with Crippen molar-refractivity contribution in [2.24, 2.45) is 0 Å². The molecule has 0 atom stereocenters. The van der Waals surface area contributed by atoms with Gasteiger partial charge in [-0.25, -0.2) is 0 Å². The standard InChI is InChI=1S/C14H20ClNO2/c1-14(2,3)16-13(17)8-6-10-5-7-12(18-4)11(15)9-10/h5,7,9H,6,8H2,1-4H3,(H,16,17). The summed E-state index contributed by atoms with van der Waals surface area (Å²) < 4.78 is 5.08. The van der Waals surface area contributed by atoms with Crippen molar-refractivity contribution >= 4 is 17.5 Å². The van der Waals surface area contributed by atoms with Gasteiger partial charge in [-0.2, -0.15) is 0 Å². The molecule has 0 bridgehead atoms. The summed E-state index contributed by atoms with van der Waals surface area (Å²) in [5.41, 5.74) is 0.846. The molecule has 0 aliphatic rings. The van der Waals surface area contributed by atoms with Crippen LogP contribution in [0.25, 0.3) is 0 Å². The van der Waals surface area contributed by atoms with Crippen LogP contribution in [0.2, 0.25) is 5.02 Å². The van der Waals surface area contributed by atoms with Crippen LogP contribution in [0.4, 0.5) is 0 Å². The Hall–Kier alpha value is -1.22. The molecule has 1 N–H and O–H groups in total. The van der Waals surface area contributed by atoms with Gasteiger partial charge in [0.25, 0.3) is 0 Å². The van der Waals surface area contributed by atoms with Crippen LogP contribution in [-0.4, -0.2) is 18.6 Å². The van der Waals surface area contributed by atoms with Crippen LogP contribution in [0.3, 0.4) is 0 Å². The topological polar surface area (TPSA) is 38.3 Å². The van der Waals surface area contributed by atoms with Gasteiger partial charge in [0.05, 0.1) is 12.1 Å². The summed E-state index contributed by atoms with van der Waals surface area (Å²) in [5.74, 6) is 0.703. The highest BCUT2D eigenvalue weighted by Crippen LogP contribution is 2.25. The maximum atomic E-state index is 11.7. The zero-order valence-electron chi connectivity index (χ0n) is 11.3. The summed E-state index contributed by atoms with van der Waals surface area (Å²) >= 11 is 6.03. The third kappa shape index (κ3) is 4.96. The lowest BCUT2D eigenvalue weighted by molar-refractivity contribution is -0.122. The Labute approximate surface area is 113 Å². The van der Waals surface area contributed by atoms with Gasteiger partial charge in [0.15, 0.2) is 0 Å². The molecule has 18 heavy (non-hydrogen) atoms. The molecule has 0 aliphatic heterocycles. The predicted molar refractivity (Wildman–Crippen MR) is 74.2 cm³/mol. The van der Waals surface area contributed by atoms with Crippen molar-refractivity contribution in [3.8, 4) is 5.75 Å². The Bertz CT molecular complexity index is 424. The predicted octanol–water partition coefficient (Wildman–Crippen LogP) is 3.20. The number of benzene rings is 1. The minimum Gasteiger partial charge on any atom is -0.495 e. The number of aryl methyl sites for hydroxylation is 1. The fourth-order valence-electron chi connectivity index (χ4n) is 1.60. The maximum Gasteiger partial charge on any atom is 0.220 e. The van der Waals surface area contributed by atoms with Crippen molar-refractivity contribution < 1.29 is 9.53 Å². The lowest BCUT2D eigenvalue weighted by Crippen LogP contribution is -2.40.